The molecule has 1 aliphatic rings. The van der Waals surface area contributed by atoms with E-state index in [1.54, 1.807) is 37.3 Å². The molecule has 0 radical (unpaired) electrons. The zero-order valence-corrected chi connectivity index (χ0v) is 18.5. The van der Waals surface area contributed by atoms with Crippen molar-refractivity contribution in [3.05, 3.63) is 43.1 Å². The lowest BCUT2D eigenvalue weighted by atomic mass is 9.71. The summed E-state index contributed by atoms with van der Waals surface area (Å²) in [5, 5.41) is 28.5. The number of benzene rings is 1. The molecule has 0 bridgehead atoms. The number of hydroxylamine groups is 1. The maximum absolute atomic E-state index is 12.5. The largest absolute Gasteiger partial charge is 0.535 e. The van der Waals surface area contributed by atoms with Crippen LogP contribution in [0, 0.1) is 5.92 Å². The predicted molar refractivity (Wildman–Crippen MR) is 120 cm³/mol. The van der Waals surface area contributed by atoms with E-state index in [1.165, 1.54) is 0 Å². The average Bonchev–Trinajstić information content (AvgIpc) is 3.05. The first kappa shape index (κ1) is 22.6. The molecule has 3 N–H and O–H groups in total. The standard InChI is InChI=1S/C23H30N4O4/c1-6-8-9-15(3)27(30)22(28)24-20-10-16-14-26(18-11-17(12-18)23(4,5)29)25-19(16)13-21(20)31-7-2/h6,8-10,13-14,17-18,29H,1,7,11-12H2,2-5H3,(H-,24,28,30)/p+1/b9-8-,27-15+. The predicted octanol–water partition coefficient (Wildman–Crippen LogP) is 4.29. The van der Waals surface area contributed by atoms with E-state index >= 15 is 0 Å². The second kappa shape index (κ2) is 8.93. The van der Waals surface area contributed by atoms with Gasteiger partial charge in [-0.3, -0.25) is 4.68 Å². The molecule has 0 spiro atoms. The van der Waals surface area contributed by atoms with Crippen LogP contribution >= 0.6 is 0 Å². The fraction of sp³-hybridized carbons (Fsp3) is 0.435. The van der Waals surface area contributed by atoms with E-state index in [-0.39, 0.29) is 12.0 Å². The molecule has 1 aromatic heterocycles. The first-order valence-electron chi connectivity index (χ1n) is 10.4. The number of anilines is 1. The van der Waals surface area contributed by atoms with Crippen LogP contribution in [0.3, 0.4) is 0 Å². The summed E-state index contributed by atoms with van der Waals surface area (Å²) in [4.78, 5) is 12.5. The van der Waals surface area contributed by atoms with Crippen LogP contribution in [0.4, 0.5) is 10.5 Å². The molecule has 1 fully saturated rings. The second-order valence-corrected chi connectivity index (χ2v) is 8.40. The van der Waals surface area contributed by atoms with Crippen LogP contribution in [0.25, 0.3) is 10.9 Å². The number of allylic oxidation sites excluding steroid dienone is 3. The van der Waals surface area contributed by atoms with Gasteiger partial charge in [0.15, 0.2) is 17.1 Å². The number of carbonyl (C=O) groups excluding carboxylic acids is 1. The SMILES string of the molecule is C=C/C=C\C(C)=[N+](\O)C(=O)Nc1cc2cn(C3CC(C(C)(C)O)C3)nc2cc1OCC. The second-order valence-electron chi connectivity index (χ2n) is 8.40. The number of fused-ring (bicyclic) bond motifs is 1. The Kier molecular flexibility index (Phi) is 6.50. The molecule has 0 aliphatic heterocycles. The van der Waals surface area contributed by atoms with E-state index in [2.05, 4.69) is 17.0 Å². The van der Waals surface area contributed by atoms with Gasteiger partial charge in [-0.05, 0) is 56.4 Å². The van der Waals surface area contributed by atoms with Crippen molar-refractivity contribution in [1.82, 2.24) is 9.78 Å². The zero-order chi connectivity index (χ0) is 22.8. The minimum Gasteiger partial charge on any atom is -0.489 e. The summed E-state index contributed by atoms with van der Waals surface area (Å²) >= 11 is 0. The van der Waals surface area contributed by atoms with Crippen LogP contribution in [0.5, 0.6) is 5.75 Å². The fourth-order valence-corrected chi connectivity index (χ4v) is 3.62. The van der Waals surface area contributed by atoms with Gasteiger partial charge in [0.1, 0.15) is 0 Å². The molecule has 0 atom stereocenters. The van der Waals surface area contributed by atoms with Crippen molar-refractivity contribution in [2.75, 3.05) is 11.9 Å². The van der Waals surface area contributed by atoms with Crippen molar-refractivity contribution < 1.29 is 24.6 Å². The van der Waals surface area contributed by atoms with Gasteiger partial charge in [-0.15, -0.1) is 0 Å². The number of hydrogen-bond acceptors (Lipinski definition) is 5. The van der Waals surface area contributed by atoms with Crippen molar-refractivity contribution in [3.63, 3.8) is 0 Å². The molecule has 1 aromatic carbocycles. The lowest BCUT2D eigenvalue weighted by Gasteiger charge is -2.42. The van der Waals surface area contributed by atoms with E-state index in [0.29, 0.717) is 28.5 Å². The highest BCUT2D eigenvalue weighted by Crippen LogP contribution is 2.44. The Morgan fingerprint density at radius 2 is 2.16 bits per heavy atom. The third-order valence-electron chi connectivity index (χ3n) is 5.65. The van der Waals surface area contributed by atoms with E-state index < -0.39 is 11.6 Å². The lowest BCUT2D eigenvalue weighted by Crippen LogP contribution is -2.41. The van der Waals surface area contributed by atoms with Crippen molar-refractivity contribution in [2.45, 2.75) is 52.2 Å². The minimum atomic E-state index is -0.703. The number of urea groups is 1. The highest BCUT2D eigenvalue weighted by molar-refractivity contribution is 5.97. The highest BCUT2D eigenvalue weighted by Gasteiger charge is 2.40. The monoisotopic (exact) mass is 427 g/mol. The smallest absolute Gasteiger partial charge is 0.489 e. The molecule has 31 heavy (non-hydrogen) atoms. The number of aliphatic hydroxyl groups is 1. The van der Waals surface area contributed by atoms with Gasteiger partial charge in [-0.25, -0.2) is 0 Å². The quantitative estimate of drug-likeness (QED) is 0.153. The molecular formula is C23H31N4O4+. The summed E-state index contributed by atoms with van der Waals surface area (Å²) in [7, 11) is 0. The summed E-state index contributed by atoms with van der Waals surface area (Å²) in [6, 6.07) is 3.11. The summed E-state index contributed by atoms with van der Waals surface area (Å²) in [5.74, 6) is 0.730. The van der Waals surface area contributed by atoms with Gasteiger partial charge in [-0.1, -0.05) is 18.7 Å². The maximum Gasteiger partial charge on any atom is 0.535 e. The molecule has 2 aromatic rings. The third kappa shape index (κ3) is 4.96. The first-order chi connectivity index (χ1) is 14.6. The molecule has 8 nitrogen and oxygen atoms in total. The third-order valence-corrected chi connectivity index (χ3v) is 5.65. The van der Waals surface area contributed by atoms with E-state index in [4.69, 9.17) is 4.74 Å². The van der Waals surface area contributed by atoms with Crippen LogP contribution in [-0.4, -0.2) is 48.8 Å². The molecule has 2 amide bonds. The number of carbonyl (C=O) groups is 1. The summed E-state index contributed by atoms with van der Waals surface area (Å²) in [6.45, 7) is 11.1. The number of aromatic nitrogens is 2. The first-order valence-corrected chi connectivity index (χ1v) is 10.4. The van der Waals surface area contributed by atoms with Crippen LogP contribution in [0.2, 0.25) is 0 Å². The Morgan fingerprint density at radius 3 is 2.77 bits per heavy atom. The summed E-state index contributed by atoms with van der Waals surface area (Å²) < 4.78 is 8.15. The van der Waals surface area contributed by atoms with Crippen molar-refractivity contribution in [3.8, 4) is 5.75 Å². The average molecular weight is 428 g/mol. The topological polar surface area (TPSA) is 99.6 Å². The van der Waals surface area contributed by atoms with Crippen molar-refractivity contribution >= 4 is 28.3 Å². The van der Waals surface area contributed by atoms with Crippen molar-refractivity contribution in [2.24, 2.45) is 5.92 Å². The molecule has 0 unspecified atom stereocenters. The number of ether oxygens (including phenoxy) is 1. The van der Waals surface area contributed by atoms with Gasteiger partial charge in [-0.2, -0.15) is 15.2 Å². The number of amides is 2. The van der Waals surface area contributed by atoms with E-state index in [0.717, 1.165) is 23.7 Å². The molecule has 3 rings (SSSR count). The molecule has 1 saturated carbocycles. The maximum atomic E-state index is 12.5. The number of nitrogens with one attached hydrogen (secondary N) is 1. The van der Waals surface area contributed by atoms with Crippen LogP contribution < -0.4 is 10.1 Å². The van der Waals surface area contributed by atoms with Crippen LogP contribution in [0.1, 0.15) is 46.6 Å². The summed E-state index contributed by atoms with van der Waals surface area (Å²) in [5.41, 5.74) is 0.858. The minimum absolute atomic E-state index is 0.235. The van der Waals surface area contributed by atoms with Gasteiger partial charge in [0.2, 0.25) is 0 Å². The Morgan fingerprint density at radius 1 is 1.45 bits per heavy atom. The van der Waals surface area contributed by atoms with Crippen LogP contribution in [0.15, 0.2) is 43.1 Å². The van der Waals surface area contributed by atoms with Gasteiger partial charge < -0.3 is 15.1 Å². The fourth-order valence-electron chi connectivity index (χ4n) is 3.62. The number of nitrogens with zero attached hydrogens (tertiary/aromatic N) is 3. The van der Waals surface area contributed by atoms with Gasteiger partial charge in [0.05, 0.1) is 23.8 Å². The van der Waals surface area contributed by atoms with Gasteiger partial charge in [0.25, 0.3) is 0 Å². The summed E-state index contributed by atoms with van der Waals surface area (Å²) in [6.07, 6.45) is 8.43. The molecule has 166 valence electrons. The number of rotatable bonds is 7. The zero-order valence-electron chi connectivity index (χ0n) is 18.5. The molecule has 1 aliphatic carbocycles. The van der Waals surface area contributed by atoms with E-state index in [1.807, 2.05) is 31.6 Å². The normalized spacial score (nSPS) is 19.8. The Labute approximate surface area is 182 Å². The molecule has 1 heterocycles. The van der Waals surface area contributed by atoms with Gasteiger partial charge in [0, 0.05) is 24.6 Å². The number of hydrogen-bond donors (Lipinski definition) is 3. The highest BCUT2D eigenvalue weighted by atomic mass is 16.5. The molecule has 0 saturated heterocycles. The van der Waals surface area contributed by atoms with Crippen molar-refractivity contribution in [1.29, 1.82) is 0 Å². The molecular weight excluding hydrogens is 396 g/mol. The van der Waals surface area contributed by atoms with Crippen LogP contribution in [-0.2, 0) is 0 Å². The molecule has 8 heteroatoms. The van der Waals surface area contributed by atoms with Gasteiger partial charge >= 0.3 is 6.03 Å². The van der Waals surface area contributed by atoms with E-state index in [9.17, 15) is 15.1 Å². The Balaban J connectivity index is 1.86. The Bertz CT molecular complexity index is 1040. The Hall–Kier alpha value is -3.13. The lowest BCUT2D eigenvalue weighted by molar-refractivity contribution is -0.696.